The molecule has 0 atom stereocenters. The first-order valence-electron chi connectivity index (χ1n) is 6.88. The summed E-state index contributed by atoms with van der Waals surface area (Å²) in [6.45, 7) is 0. The van der Waals surface area contributed by atoms with E-state index < -0.39 is 0 Å². The summed E-state index contributed by atoms with van der Waals surface area (Å²) in [6, 6.07) is 19.8. The standard InChI is InChI=1S/C18H18Se/c1-2-10-17(11-3-1)19-14-13-16-9-6-8-15-7-4-5-12-18(15)16/h1-5,7,10-13H,6,8-9,14H2/b16-13+. The van der Waals surface area contributed by atoms with Gasteiger partial charge in [0.1, 0.15) is 0 Å². The zero-order valence-corrected chi connectivity index (χ0v) is 12.7. The number of rotatable bonds is 3. The van der Waals surface area contributed by atoms with Crippen molar-refractivity contribution < 1.29 is 0 Å². The Kier molecular flexibility index (Phi) is 4.17. The summed E-state index contributed by atoms with van der Waals surface area (Å²) in [4.78, 5) is 0. The van der Waals surface area contributed by atoms with Crippen LogP contribution in [0.1, 0.15) is 24.0 Å². The molecule has 0 bridgehead atoms. The van der Waals surface area contributed by atoms with Crippen LogP contribution in [0.2, 0.25) is 5.32 Å². The van der Waals surface area contributed by atoms with Crippen molar-refractivity contribution in [2.45, 2.75) is 24.6 Å². The van der Waals surface area contributed by atoms with Gasteiger partial charge in [0.05, 0.1) is 0 Å². The molecule has 2 aromatic carbocycles. The van der Waals surface area contributed by atoms with E-state index in [1.54, 1.807) is 5.57 Å². The van der Waals surface area contributed by atoms with Crippen molar-refractivity contribution in [2.24, 2.45) is 0 Å². The van der Waals surface area contributed by atoms with Gasteiger partial charge in [-0.05, 0) is 0 Å². The van der Waals surface area contributed by atoms with Crippen molar-refractivity contribution in [3.63, 3.8) is 0 Å². The van der Waals surface area contributed by atoms with Crippen molar-refractivity contribution in [1.29, 1.82) is 0 Å². The van der Waals surface area contributed by atoms with E-state index in [1.807, 2.05) is 0 Å². The fraction of sp³-hybridized carbons (Fsp3) is 0.222. The Morgan fingerprint density at radius 3 is 2.58 bits per heavy atom. The van der Waals surface area contributed by atoms with E-state index in [-0.39, 0.29) is 0 Å². The molecule has 0 spiro atoms. The van der Waals surface area contributed by atoms with E-state index >= 15 is 0 Å². The van der Waals surface area contributed by atoms with Crippen LogP contribution in [0.25, 0.3) is 5.57 Å². The van der Waals surface area contributed by atoms with Gasteiger partial charge in [0, 0.05) is 0 Å². The second-order valence-electron chi connectivity index (χ2n) is 4.86. The van der Waals surface area contributed by atoms with Gasteiger partial charge in [0.15, 0.2) is 0 Å². The number of aryl methyl sites for hydroxylation is 1. The van der Waals surface area contributed by atoms with Gasteiger partial charge in [-0.3, -0.25) is 0 Å². The molecular formula is C18H18Se. The molecule has 0 saturated heterocycles. The summed E-state index contributed by atoms with van der Waals surface area (Å²) in [5.41, 5.74) is 4.60. The van der Waals surface area contributed by atoms with Crippen LogP contribution in [0.3, 0.4) is 0 Å². The summed E-state index contributed by atoms with van der Waals surface area (Å²) < 4.78 is 1.50. The Morgan fingerprint density at radius 1 is 0.895 bits per heavy atom. The molecule has 96 valence electrons. The molecule has 0 aromatic heterocycles. The van der Waals surface area contributed by atoms with Crippen molar-refractivity contribution in [3.8, 4) is 0 Å². The van der Waals surface area contributed by atoms with Crippen LogP contribution in [0.5, 0.6) is 0 Å². The molecular weight excluding hydrogens is 295 g/mol. The van der Waals surface area contributed by atoms with Crippen molar-refractivity contribution in [1.82, 2.24) is 0 Å². The maximum atomic E-state index is 2.48. The molecule has 1 aliphatic rings. The molecule has 0 amide bonds. The predicted molar refractivity (Wildman–Crippen MR) is 84.0 cm³/mol. The van der Waals surface area contributed by atoms with Crippen LogP contribution in [0, 0.1) is 0 Å². The van der Waals surface area contributed by atoms with Gasteiger partial charge in [-0.2, -0.15) is 0 Å². The van der Waals surface area contributed by atoms with Crippen LogP contribution in [-0.4, -0.2) is 15.0 Å². The van der Waals surface area contributed by atoms with Gasteiger partial charge < -0.3 is 0 Å². The molecule has 2 aromatic rings. The van der Waals surface area contributed by atoms with Crippen molar-refractivity contribution >= 4 is 25.0 Å². The molecule has 0 unspecified atom stereocenters. The first-order valence-corrected chi connectivity index (χ1v) is 8.95. The van der Waals surface area contributed by atoms with Crippen LogP contribution in [-0.2, 0) is 6.42 Å². The zero-order valence-electron chi connectivity index (χ0n) is 11.0. The number of fused-ring (bicyclic) bond motifs is 1. The third-order valence-electron chi connectivity index (χ3n) is 3.58. The third-order valence-corrected chi connectivity index (χ3v) is 5.55. The summed E-state index contributed by atoms with van der Waals surface area (Å²) in [5, 5.41) is 1.21. The minimum atomic E-state index is 0.570. The van der Waals surface area contributed by atoms with E-state index in [4.69, 9.17) is 0 Å². The van der Waals surface area contributed by atoms with E-state index in [0.29, 0.717) is 15.0 Å². The molecule has 19 heavy (non-hydrogen) atoms. The number of hydrogen-bond donors (Lipinski definition) is 0. The molecule has 0 nitrogen and oxygen atoms in total. The second kappa shape index (κ2) is 6.23. The zero-order chi connectivity index (χ0) is 12.9. The van der Waals surface area contributed by atoms with E-state index in [2.05, 4.69) is 60.7 Å². The molecule has 0 saturated carbocycles. The van der Waals surface area contributed by atoms with Gasteiger partial charge in [0.2, 0.25) is 0 Å². The molecule has 0 N–H and O–H groups in total. The average molecular weight is 313 g/mol. The average Bonchev–Trinajstić information content (AvgIpc) is 2.49. The number of allylic oxidation sites excluding steroid dienone is 2. The Morgan fingerprint density at radius 2 is 1.68 bits per heavy atom. The normalized spacial score (nSPS) is 16.3. The van der Waals surface area contributed by atoms with Crippen molar-refractivity contribution in [2.75, 3.05) is 0 Å². The molecule has 0 aliphatic heterocycles. The summed E-state index contributed by atoms with van der Waals surface area (Å²) in [7, 11) is 0. The van der Waals surface area contributed by atoms with Gasteiger partial charge in [-0.15, -0.1) is 0 Å². The van der Waals surface area contributed by atoms with Gasteiger partial charge in [0.25, 0.3) is 0 Å². The Labute approximate surface area is 121 Å². The topological polar surface area (TPSA) is 0 Å². The van der Waals surface area contributed by atoms with Crippen molar-refractivity contribution in [3.05, 3.63) is 71.8 Å². The van der Waals surface area contributed by atoms with Gasteiger partial charge in [-0.1, -0.05) is 0 Å². The fourth-order valence-electron chi connectivity index (χ4n) is 2.62. The molecule has 1 heteroatoms. The fourth-order valence-corrected chi connectivity index (χ4v) is 4.36. The quantitative estimate of drug-likeness (QED) is 0.755. The van der Waals surface area contributed by atoms with Gasteiger partial charge in [-0.25, -0.2) is 0 Å². The SMILES string of the molecule is C(/C[Se]c1ccccc1)=C1/CCCc2ccccc21. The van der Waals surface area contributed by atoms with E-state index in [1.165, 1.54) is 40.2 Å². The molecule has 0 fully saturated rings. The number of benzene rings is 2. The molecule has 3 rings (SSSR count). The summed E-state index contributed by atoms with van der Waals surface area (Å²) in [6.07, 6.45) is 6.28. The van der Waals surface area contributed by atoms with Crippen LogP contribution < -0.4 is 4.46 Å². The minimum absolute atomic E-state index is 0.570. The first kappa shape index (κ1) is 12.7. The Bertz CT molecular complexity index is 569. The van der Waals surface area contributed by atoms with E-state index in [9.17, 15) is 0 Å². The summed E-state index contributed by atoms with van der Waals surface area (Å²) >= 11 is 0.570. The maximum absolute atomic E-state index is 2.48. The third kappa shape index (κ3) is 3.18. The van der Waals surface area contributed by atoms with E-state index in [0.717, 1.165) is 0 Å². The first-order chi connectivity index (χ1) is 9.43. The predicted octanol–water partition coefficient (Wildman–Crippen LogP) is 3.85. The molecule has 1 aliphatic carbocycles. The second-order valence-corrected chi connectivity index (χ2v) is 7.16. The molecule has 0 heterocycles. The van der Waals surface area contributed by atoms with Gasteiger partial charge >= 0.3 is 121 Å². The monoisotopic (exact) mass is 314 g/mol. The van der Waals surface area contributed by atoms with Crippen LogP contribution in [0.4, 0.5) is 0 Å². The van der Waals surface area contributed by atoms with Crippen LogP contribution >= 0.6 is 0 Å². The Hall–Kier alpha value is -1.30. The van der Waals surface area contributed by atoms with Crippen LogP contribution in [0.15, 0.2) is 60.7 Å². The summed E-state index contributed by atoms with van der Waals surface area (Å²) in [5.74, 6) is 0. The number of hydrogen-bond acceptors (Lipinski definition) is 0. The Balaban J connectivity index is 1.71. The molecule has 0 radical (unpaired) electrons.